The van der Waals surface area contributed by atoms with Crippen molar-refractivity contribution in [3.63, 3.8) is 0 Å². The van der Waals surface area contributed by atoms with E-state index in [1.165, 1.54) is 6.08 Å². The lowest BCUT2D eigenvalue weighted by Crippen LogP contribution is -2.29. The van der Waals surface area contributed by atoms with Crippen molar-refractivity contribution in [1.82, 2.24) is 0 Å². The topological polar surface area (TPSA) is 114 Å². The minimum Gasteiger partial charge on any atom is -0.508 e. The predicted octanol–water partition coefficient (Wildman–Crippen LogP) is 7.75. The van der Waals surface area contributed by atoms with E-state index < -0.39 is 17.6 Å². The lowest BCUT2D eigenvalue weighted by atomic mass is 9.78. The van der Waals surface area contributed by atoms with Gasteiger partial charge in [0.15, 0.2) is 0 Å². The molecule has 0 aliphatic carbocycles. The Balaban J connectivity index is 1.71. The molecule has 3 aromatic rings. The third kappa shape index (κ3) is 8.29. The number of nitrogen functional groups attached to an aromatic ring is 1. The van der Waals surface area contributed by atoms with E-state index in [0.717, 1.165) is 9.37 Å². The number of carbonyl (C=O) groups is 2. The van der Waals surface area contributed by atoms with Crippen LogP contribution in [0.4, 0.5) is 21.9 Å². The molecule has 38 heavy (non-hydrogen) atoms. The van der Waals surface area contributed by atoms with Crippen LogP contribution in [0.2, 0.25) is 0 Å². The molecule has 3 rings (SSSR count). The number of nitrogens with two attached hydrogens (primary N) is 1. The second kappa shape index (κ2) is 13.4. The number of hydrogen-bond acceptors (Lipinski definition) is 6. The Morgan fingerprint density at radius 1 is 1.11 bits per heavy atom. The highest BCUT2D eigenvalue weighted by Gasteiger charge is 2.35. The van der Waals surface area contributed by atoms with Crippen LogP contribution in [-0.2, 0) is 9.53 Å². The van der Waals surface area contributed by atoms with Crippen LogP contribution >= 0.6 is 27.7 Å². The molecule has 0 fully saturated rings. The molecule has 7 nitrogen and oxygen atoms in total. The van der Waals surface area contributed by atoms with Crippen molar-refractivity contribution >= 4 is 56.8 Å². The number of anilines is 3. The Labute approximate surface area is 236 Å². The van der Waals surface area contributed by atoms with Gasteiger partial charge in [-0.3, -0.25) is 10.1 Å². The Morgan fingerprint density at radius 2 is 1.82 bits per heavy atom. The van der Waals surface area contributed by atoms with E-state index in [2.05, 4.69) is 26.6 Å². The molecule has 0 aromatic heterocycles. The van der Waals surface area contributed by atoms with Crippen LogP contribution in [0.3, 0.4) is 0 Å². The zero-order valence-corrected chi connectivity index (χ0v) is 23.9. The molecule has 200 valence electrons. The Morgan fingerprint density at radius 3 is 2.50 bits per heavy atom. The van der Waals surface area contributed by atoms with E-state index in [1.54, 1.807) is 60.3 Å². The molecule has 0 spiro atoms. The maximum Gasteiger partial charge on any atom is 0.412 e. The summed E-state index contributed by atoms with van der Waals surface area (Å²) >= 11 is 5.05. The minimum atomic E-state index is -0.767. The first-order valence-corrected chi connectivity index (χ1v) is 14.0. The van der Waals surface area contributed by atoms with Crippen molar-refractivity contribution in [3.8, 4) is 5.75 Å². The van der Waals surface area contributed by atoms with Gasteiger partial charge in [0.1, 0.15) is 11.9 Å². The number of phenols is 1. The highest BCUT2D eigenvalue weighted by molar-refractivity contribution is 9.10. The number of rotatable bonds is 10. The summed E-state index contributed by atoms with van der Waals surface area (Å²) in [7, 11) is 0. The average Bonchev–Trinajstić information content (AvgIpc) is 2.88. The van der Waals surface area contributed by atoms with E-state index >= 15 is 0 Å². The summed E-state index contributed by atoms with van der Waals surface area (Å²) in [4.78, 5) is 26.3. The smallest absolute Gasteiger partial charge is 0.412 e. The molecule has 0 radical (unpaired) electrons. The lowest BCUT2D eigenvalue weighted by molar-refractivity contribution is -0.111. The van der Waals surface area contributed by atoms with Crippen molar-refractivity contribution in [2.75, 3.05) is 22.6 Å². The highest BCUT2D eigenvalue weighted by atomic mass is 79.9. The Kier molecular flexibility index (Phi) is 10.3. The maximum absolute atomic E-state index is 12.9. The SMILES string of the molecule is CSc1ccc(NC(=O)O[C@H](c2cc(Br)ccc2O)C(C)(C)CC/C=C/C(=O)Nc2ccccc2N)cc1. The number of allylic oxidation sites excluding steroid dienone is 1. The highest BCUT2D eigenvalue weighted by Crippen LogP contribution is 2.44. The van der Waals surface area contributed by atoms with Crippen LogP contribution in [0, 0.1) is 5.41 Å². The third-order valence-electron chi connectivity index (χ3n) is 5.99. The first-order valence-electron chi connectivity index (χ1n) is 12.0. The maximum atomic E-state index is 12.9. The number of halogens is 1. The minimum absolute atomic E-state index is 0.0266. The van der Waals surface area contributed by atoms with Crippen LogP contribution in [0.25, 0.3) is 0 Å². The zero-order valence-electron chi connectivity index (χ0n) is 21.5. The number of hydrogen-bond donors (Lipinski definition) is 4. The molecule has 0 saturated carbocycles. The first kappa shape index (κ1) is 29.1. The monoisotopic (exact) mass is 597 g/mol. The number of benzene rings is 3. The van der Waals surface area contributed by atoms with Gasteiger partial charge in [-0.1, -0.05) is 48.0 Å². The molecule has 0 aliphatic rings. The molecule has 0 aliphatic heterocycles. The molecule has 9 heteroatoms. The van der Waals surface area contributed by atoms with E-state index in [-0.39, 0.29) is 11.7 Å². The number of para-hydroxylation sites is 2. The summed E-state index contributed by atoms with van der Waals surface area (Å²) in [5, 5.41) is 16.2. The number of ether oxygens (including phenoxy) is 1. The van der Waals surface area contributed by atoms with Crippen LogP contribution in [0.5, 0.6) is 5.75 Å². The second-order valence-electron chi connectivity index (χ2n) is 9.35. The van der Waals surface area contributed by atoms with Crippen molar-refractivity contribution in [3.05, 3.63) is 88.9 Å². The molecular weight excluding hydrogens is 566 g/mol. The number of carbonyl (C=O) groups excluding carboxylic acids is 2. The van der Waals surface area contributed by atoms with Crippen LogP contribution in [0.1, 0.15) is 38.4 Å². The molecule has 1 atom stereocenters. The fraction of sp³-hybridized carbons (Fsp3) is 0.241. The van der Waals surface area contributed by atoms with Crippen molar-refractivity contribution in [2.45, 2.75) is 37.7 Å². The lowest BCUT2D eigenvalue weighted by Gasteiger charge is -2.34. The first-order chi connectivity index (χ1) is 18.1. The van der Waals surface area contributed by atoms with Gasteiger partial charge in [-0.05, 0) is 79.8 Å². The van der Waals surface area contributed by atoms with Gasteiger partial charge in [0, 0.05) is 26.0 Å². The van der Waals surface area contributed by atoms with Crippen molar-refractivity contribution < 1.29 is 19.4 Å². The van der Waals surface area contributed by atoms with Gasteiger partial charge in [-0.2, -0.15) is 0 Å². The molecule has 0 unspecified atom stereocenters. The number of phenolic OH excluding ortho intramolecular Hbond substituents is 1. The number of aromatic hydroxyl groups is 1. The number of thioether (sulfide) groups is 1. The third-order valence-corrected chi connectivity index (χ3v) is 7.22. The summed E-state index contributed by atoms with van der Waals surface area (Å²) in [6, 6.07) is 19.5. The van der Waals surface area contributed by atoms with Crippen LogP contribution in [-0.4, -0.2) is 23.4 Å². The Hall–Kier alpha value is -3.43. The molecule has 0 heterocycles. The van der Waals surface area contributed by atoms with Gasteiger partial charge in [-0.15, -0.1) is 11.8 Å². The van der Waals surface area contributed by atoms with Crippen molar-refractivity contribution in [2.24, 2.45) is 5.41 Å². The number of amides is 2. The summed E-state index contributed by atoms with van der Waals surface area (Å²) < 4.78 is 6.66. The summed E-state index contributed by atoms with van der Waals surface area (Å²) in [5.41, 5.74) is 7.42. The van der Waals surface area contributed by atoms with E-state index in [9.17, 15) is 14.7 Å². The number of nitrogens with one attached hydrogen (secondary N) is 2. The second-order valence-corrected chi connectivity index (χ2v) is 11.1. The molecule has 5 N–H and O–H groups in total. The standard InChI is InChI=1S/C29H32BrN3O4S/c1-29(2,17-7-6-10-26(35)33-24-9-5-4-8-23(24)31)27(22-18-19(30)11-16-25(22)34)37-28(36)32-20-12-14-21(38-3)15-13-20/h4-6,8-16,18,27,34H,7,17,31H2,1-3H3,(H,32,36)(H,33,35)/b10-6+/t27-/m1/s1. The van der Waals surface area contributed by atoms with Crippen LogP contribution in [0.15, 0.2) is 88.3 Å². The van der Waals surface area contributed by atoms with Gasteiger partial charge in [0.05, 0.1) is 11.4 Å². The molecule has 0 saturated heterocycles. The van der Waals surface area contributed by atoms with E-state index in [1.807, 2.05) is 44.4 Å². The summed E-state index contributed by atoms with van der Waals surface area (Å²) in [6.45, 7) is 3.91. The largest absolute Gasteiger partial charge is 0.508 e. The van der Waals surface area contributed by atoms with E-state index in [4.69, 9.17) is 10.5 Å². The van der Waals surface area contributed by atoms with Gasteiger partial charge in [0.25, 0.3) is 0 Å². The molecular formula is C29H32BrN3O4S. The van der Waals surface area contributed by atoms with Crippen molar-refractivity contribution in [1.29, 1.82) is 0 Å². The van der Waals surface area contributed by atoms with E-state index in [0.29, 0.717) is 35.5 Å². The summed E-state index contributed by atoms with van der Waals surface area (Å²) in [6.07, 6.45) is 4.91. The molecule has 0 bridgehead atoms. The zero-order chi connectivity index (χ0) is 27.7. The van der Waals surface area contributed by atoms with Crippen LogP contribution < -0.4 is 16.4 Å². The fourth-order valence-electron chi connectivity index (χ4n) is 3.87. The molecule has 3 aromatic carbocycles. The van der Waals surface area contributed by atoms with Gasteiger partial charge < -0.3 is 20.9 Å². The van der Waals surface area contributed by atoms with Gasteiger partial charge >= 0.3 is 6.09 Å². The normalized spacial score (nSPS) is 12.2. The van der Waals surface area contributed by atoms with Gasteiger partial charge in [-0.25, -0.2) is 4.79 Å². The Bertz CT molecular complexity index is 1300. The average molecular weight is 599 g/mol. The van der Waals surface area contributed by atoms with Gasteiger partial charge in [0.2, 0.25) is 5.91 Å². The molecule has 2 amide bonds. The summed E-state index contributed by atoms with van der Waals surface area (Å²) in [5.74, 6) is -0.260. The quantitative estimate of drug-likeness (QED) is 0.108. The fourth-order valence-corrected chi connectivity index (χ4v) is 4.66. The predicted molar refractivity (Wildman–Crippen MR) is 159 cm³/mol.